The van der Waals surface area contributed by atoms with Gasteiger partial charge in [-0.05, 0) is 0 Å². The van der Waals surface area contributed by atoms with Gasteiger partial charge >= 0.3 is 252 Å². The van der Waals surface area contributed by atoms with E-state index in [1.165, 1.54) is 52.9 Å². The summed E-state index contributed by atoms with van der Waals surface area (Å²) in [7, 11) is 0. The fourth-order valence-corrected chi connectivity index (χ4v) is 43.8. The topological polar surface area (TPSA) is 0 Å². The van der Waals surface area contributed by atoms with Gasteiger partial charge in [0.05, 0.1) is 0 Å². The molecule has 0 radical (unpaired) electrons. The van der Waals surface area contributed by atoms with Crippen molar-refractivity contribution in [3.8, 4) is 22.3 Å². The zero-order valence-electron chi connectivity index (χ0n) is 26.6. The zero-order valence-corrected chi connectivity index (χ0v) is 31.6. The minimum absolute atomic E-state index is 0.443. The van der Waals surface area contributed by atoms with E-state index in [9.17, 15) is 0 Å². The number of aryl methyl sites for hydroxylation is 2. The first-order valence-corrected chi connectivity index (χ1v) is 41.0. The summed E-state index contributed by atoms with van der Waals surface area (Å²) in [5.41, 5.74) is 14.5. The van der Waals surface area contributed by atoms with Crippen LogP contribution in [-0.4, -0.2) is 6.94 Å². The van der Waals surface area contributed by atoms with E-state index < -0.39 is 14.2 Å². The van der Waals surface area contributed by atoms with E-state index in [1.54, 1.807) is 11.1 Å². The van der Waals surface area contributed by atoms with Crippen LogP contribution in [0, 0.1) is 0 Å². The van der Waals surface area contributed by atoms with Crippen LogP contribution in [0.4, 0.5) is 0 Å². The van der Waals surface area contributed by atoms with Crippen LogP contribution in [0.25, 0.3) is 34.4 Å². The van der Waals surface area contributed by atoms with Crippen molar-refractivity contribution in [1.29, 1.82) is 0 Å². The van der Waals surface area contributed by atoms with Crippen molar-refractivity contribution >= 4 is 19.1 Å². The Kier molecular flexibility index (Phi) is 6.48. The SMILES string of the molecule is CCc1ccccc1-c1cccc2c1C=C[CH]2[Hf]([CH3])([CH3])(=[SiH2])([CH2]C)([CH2]C)[CH]1C=Cc2c(-c3ccccc3CC)cccc21. The Labute approximate surface area is 250 Å². The first-order valence-electron chi connectivity index (χ1n) is 16.3. The Hall–Kier alpha value is -2.55. The van der Waals surface area contributed by atoms with E-state index in [4.69, 9.17) is 0 Å². The molecule has 0 nitrogen and oxygen atoms in total. The van der Waals surface area contributed by atoms with Crippen molar-refractivity contribution in [2.24, 2.45) is 0 Å². The Morgan fingerprint density at radius 2 is 0.905 bits per heavy atom. The number of hydrogen-bond donors (Lipinski definition) is 0. The van der Waals surface area contributed by atoms with Gasteiger partial charge in [-0.25, -0.2) is 0 Å². The summed E-state index contributed by atoms with van der Waals surface area (Å²) in [6, 6.07) is 32.3. The van der Waals surface area contributed by atoms with E-state index in [-0.39, 0.29) is 0 Å². The average molecular weight is 735 g/mol. The third-order valence-corrected chi connectivity index (χ3v) is 76.6. The molecule has 216 valence electrons. The molecule has 6 rings (SSSR count). The van der Waals surface area contributed by atoms with Crippen molar-refractivity contribution < 1.29 is 14.2 Å². The summed E-state index contributed by atoms with van der Waals surface area (Å²) in [5, 5.41) is 0. The first kappa shape index (κ1) is 29.5. The molecule has 0 heterocycles. The quantitative estimate of drug-likeness (QED) is 0.158. The molecule has 2 unspecified atom stereocenters. The Morgan fingerprint density at radius 1 is 0.524 bits per heavy atom. The van der Waals surface area contributed by atoms with Crippen LogP contribution in [0.5, 0.6) is 0 Å². The third kappa shape index (κ3) is 3.87. The van der Waals surface area contributed by atoms with Gasteiger partial charge in [0.2, 0.25) is 0 Å². The van der Waals surface area contributed by atoms with Crippen LogP contribution in [0.1, 0.15) is 68.4 Å². The average Bonchev–Trinajstić information content (AvgIpc) is 3.69. The van der Waals surface area contributed by atoms with Crippen molar-refractivity contribution in [2.45, 2.75) is 65.6 Å². The Morgan fingerprint density at radius 3 is 1.29 bits per heavy atom. The van der Waals surface area contributed by atoms with E-state index in [0.717, 1.165) is 12.8 Å². The molecule has 0 amide bonds. The predicted molar refractivity (Wildman–Crippen MR) is 187 cm³/mol. The zero-order chi connectivity index (χ0) is 29.9. The van der Waals surface area contributed by atoms with Gasteiger partial charge in [-0.1, -0.05) is 0 Å². The van der Waals surface area contributed by atoms with E-state index in [0.29, 0.717) is 7.35 Å². The normalized spacial score (nSPS) is 19.9. The molecule has 2 aliphatic rings. The van der Waals surface area contributed by atoms with Gasteiger partial charge in [0.1, 0.15) is 0 Å². The maximum absolute atomic E-state index is 4.89. The molecule has 0 aliphatic heterocycles. The second-order valence-electron chi connectivity index (χ2n) is 15.9. The summed E-state index contributed by atoms with van der Waals surface area (Å²) >= 11 is -4.89. The number of hydrogen-bond acceptors (Lipinski definition) is 0. The maximum atomic E-state index is 2.84. The molecule has 2 aliphatic carbocycles. The molecule has 4 aromatic carbocycles. The van der Waals surface area contributed by atoms with E-state index >= 15 is 0 Å². The van der Waals surface area contributed by atoms with Crippen molar-refractivity contribution in [1.82, 2.24) is 0 Å². The molecule has 42 heavy (non-hydrogen) atoms. The molecule has 0 spiro atoms. The molecule has 0 saturated carbocycles. The fourth-order valence-electron chi connectivity index (χ4n) is 9.01. The Bertz CT molecular complexity index is 1790. The third-order valence-electron chi connectivity index (χ3n) is 13.4. The van der Waals surface area contributed by atoms with Crippen molar-refractivity contribution in [2.75, 3.05) is 0 Å². The molecular formula is C40H48HfSi. The van der Waals surface area contributed by atoms with Crippen LogP contribution < -0.4 is 0 Å². The first-order chi connectivity index (χ1) is 20.0. The van der Waals surface area contributed by atoms with Crippen LogP contribution in [0.15, 0.2) is 97.1 Å². The van der Waals surface area contributed by atoms with Crippen LogP contribution in [-0.2, 0) is 27.0 Å². The summed E-state index contributed by atoms with van der Waals surface area (Å²) in [4.78, 5) is 0. The Balaban J connectivity index is 1.59. The standard InChI is InChI=1S/2C17H15.2C2H5.2CH3.Hf.H2Si/c2*1-2-13-7-3-4-10-15(13)17-12-6-9-14-8-5-11-16(14)17;2*1-2;;;;/h2*3-12H,2H2,1H3;2*1H2,2H3;2*1H3;;1H2. The molecule has 0 saturated heterocycles. The second-order valence-corrected chi connectivity index (χ2v) is 94.4. The summed E-state index contributed by atoms with van der Waals surface area (Å²) in [5.74, 6) is 0. The number of allylic oxidation sites excluding steroid dienone is 2. The van der Waals surface area contributed by atoms with Gasteiger partial charge in [-0.2, -0.15) is 0 Å². The van der Waals surface area contributed by atoms with Crippen LogP contribution in [0.2, 0.25) is 17.7 Å². The van der Waals surface area contributed by atoms with Gasteiger partial charge in [-0.15, -0.1) is 0 Å². The second kappa shape index (κ2) is 9.23. The molecule has 2 heteroatoms. The predicted octanol–water partition coefficient (Wildman–Crippen LogP) is 11.3. The monoisotopic (exact) mass is 736 g/mol. The van der Waals surface area contributed by atoms with Crippen LogP contribution in [0.3, 0.4) is 0 Å². The van der Waals surface area contributed by atoms with Gasteiger partial charge in [0, 0.05) is 0 Å². The summed E-state index contributed by atoms with van der Waals surface area (Å²) in [6.45, 7) is 12.1. The fraction of sp³-hybridized carbons (Fsp3) is 0.300. The van der Waals surface area contributed by atoms with E-state index in [1.807, 2.05) is 0 Å². The molecule has 4 aromatic rings. The van der Waals surface area contributed by atoms with Gasteiger partial charge in [0.15, 0.2) is 0 Å². The number of fused-ring (bicyclic) bond motifs is 2. The summed E-state index contributed by atoms with van der Waals surface area (Å²) < 4.78 is 9.06. The van der Waals surface area contributed by atoms with Crippen molar-refractivity contribution in [3.05, 3.63) is 130 Å². The molecule has 0 aromatic heterocycles. The number of benzene rings is 4. The van der Waals surface area contributed by atoms with Crippen LogP contribution >= 0.6 is 0 Å². The summed E-state index contributed by atoms with van der Waals surface area (Å²) in [6.07, 6.45) is 12.4. The van der Waals surface area contributed by atoms with Gasteiger partial charge in [0.25, 0.3) is 0 Å². The van der Waals surface area contributed by atoms with E-state index in [2.05, 4.69) is 153 Å². The van der Waals surface area contributed by atoms with Crippen molar-refractivity contribution in [3.63, 3.8) is 0 Å². The van der Waals surface area contributed by atoms with Gasteiger partial charge < -0.3 is 0 Å². The molecule has 0 fully saturated rings. The molecule has 0 bridgehead atoms. The number of rotatable bonds is 8. The molecule has 2 atom stereocenters. The molecule has 0 N–H and O–H groups in total. The minimum atomic E-state index is -4.89. The molecular weight excluding hydrogens is 687 g/mol. The van der Waals surface area contributed by atoms with Gasteiger partial charge in [-0.3, -0.25) is 0 Å².